The van der Waals surface area contributed by atoms with Crippen LogP contribution < -0.4 is 0 Å². The molecule has 0 amide bonds. The minimum Gasteiger partial charge on any atom is -0.0839 e. The molecule has 0 unspecified atom stereocenters. The molecular formula is C18H27. The number of hydrogen-bond acceptors (Lipinski definition) is 0. The highest BCUT2D eigenvalue weighted by Gasteiger charge is 1.90. The van der Waals surface area contributed by atoms with Gasteiger partial charge in [0.2, 0.25) is 0 Å². The topological polar surface area (TPSA) is 0 Å². The lowest BCUT2D eigenvalue weighted by Gasteiger charge is -1.99. The standard InChI is InChI=1S/C18H27/c1-2-3-4-5-6-7-8-9-10-12-15-18-16-13-11-14-17-18/h11-16H,2-10H2,1H3/b15-12+. The predicted molar refractivity (Wildman–Crippen MR) is 81.5 cm³/mol. The van der Waals surface area contributed by atoms with Gasteiger partial charge in [-0.25, -0.2) is 0 Å². The zero-order chi connectivity index (χ0) is 12.9. The second kappa shape index (κ2) is 11.1. The van der Waals surface area contributed by atoms with Crippen LogP contribution in [-0.4, -0.2) is 0 Å². The first-order chi connectivity index (χ1) is 8.93. The highest BCUT2D eigenvalue weighted by Crippen LogP contribution is 2.10. The van der Waals surface area contributed by atoms with Crippen LogP contribution in [0.15, 0.2) is 30.3 Å². The number of rotatable bonds is 10. The first-order valence-electron chi connectivity index (χ1n) is 7.56. The molecule has 0 saturated carbocycles. The Kier molecular flexibility index (Phi) is 9.24. The van der Waals surface area contributed by atoms with Crippen LogP contribution in [0.4, 0.5) is 0 Å². The van der Waals surface area contributed by atoms with Gasteiger partial charge in [-0.15, -0.1) is 0 Å². The lowest BCUT2D eigenvalue weighted by atomic mass is 10.1. The minimum absolute atomic E-state index is 1.19. The summed E-state index contributed by atoms with van der Waals surface area (Å²) in [5, 5.41) is 0. The van der Waals surface area contributed by atoms with Crippen molar-refractivity contribution in [2.75, 3.05) is 0 Å². The van der Waals surface area contributed by atoms with Gasteiger partial charge in [0.25, 0.3) is 0 Å². The maximum atomic E-state index is 3.21. The van der Waals surface area contributed by atoms with E-state index in [-0.39, 0.29) is 0 Å². The van der Waals surface area contributed by atoms with E-state index in [0.717, 1.165) is 0 Å². The van der Waals surface area contributed by atoms with Crippen molar-refractivity contribution in [2.24, 2.45) is 0 Å². The molecule has 0 saturated heterocycles. The SMILES string of the molecule is CCCCCCCCCC/C=C/c1[c]cccc1. The molecule has 99 valence electrons. The highest BCUT2D eigenvalue weighted by atomic mass is 14.0. The van der Waals surface area contributed by atoms with Crippen LogP contribution in [-0.2, 0) is 0 Å². The second-order valence-electron chi connectivity index (χ2n) is 4.98. The average Bonchev–Trinajstić information content (AvgIpc) is 2.42. The van der Waals surface area contributed by atoms with E-state index in [1.54, 1.807) is 0 Å². The molecular weight excluding hydrogens is 216 g/mol. The molecule has 1 radical (unpaired) electrons. The molecule has 18 heavy (non-hydrogen) atoms. The molecule has 0 aliphatic rings. The molecule has 0 atom stereocenters. The van der Waals surface area contributed by atoms with E-state index in [1.165, 1.54) is 63.4 Å². The summed E-state index contributed by atoms with van der Waals surface area (Å²) in [5.41, 5.74) is 1.19. The number of unbranched alkanes of at least 4 members (excludes halogenated alkanes) is 8. The molecule has 0 fully saturated rings. The Hall–Kier alpha value is -1.04. The van der Waals surface area contributed by atoms with Crippen LogP contribution in [0.1, 0.15) is 70.3 Å². The zero-order valence-electron chi connectivity index (χ0n) is 11.8. The van der Waals surface area contributed by atoms with Gasteiger partial charge in [-0.1, -0.05) is 88.3 Å². The fraction of sp³-hybridized carbons (Fsp3) is 0.556. The molecule has 0 bridgehead atoms. The molecule has 1 aromatic carbocycles. The third-order valence-corrected chi connectivity index (χ3v) is 3.25. The third-order valence-electron chi connectivity index (χ3n) is 3.25. The van der Waals surface area contributed by atoms with Crippen molar-refractivity contribution in [1.29, 1.82) is 0 Å². The van der Waals surface area contributed by atoms with Gasteiger partial charge in [0.15, 0.2) is 0 Å². The number of benzene rings is 1. The Balaban J connectivity index is 1.91. The molecule has 0 heteroatoms. The maximum absolute atomic E-state index is 3.21. The van der Waals surface area contributed by atoms with Crippen molar-refractivity contribution >= 4 is 6.08 Å². The Labute approximate surface area is 113 Å². The normalized spacial score (nSPS) is 11.2. The molecule has 0 heterocycles. The van der Waals surface area contributed by atoms with E-state index < -0.39 is 0 Å². The molecule has 1 rings (SSSR count). The Morgan fingerprint density at radius 1 is 0.944 bits per heavy atom. The van der Waals surface area contributed by atoms with Gasteiger partial charge in [-0.2, -0.15) is 0 Å². The lowest BCUT2D eigenvalue weighted by molar-refractivity contribution is 0.578. The van der Waals surface area contributed by atoms with Crippen molar-refractivity contribution in [3.63, 3.8) is 0 Å². The van der Waals surface area contributed by atoms with Gasteiger partial charge in [-0.05, 0) is 24.5 Å². The summed E-state index contributed by atoms with van der Waals surface area (Å²) in [6.45, 7) is 2.27. The quantitative estimate of drug-likeness (QED) is 0.440. The van der Waals surface area contributed by atoms with Crippen LogP contribution in [0.5, 0.6) is 0 Å². The summed E-state index contributed by atoms with van der Waals surface area (Å²) in [7, 11) is 0. The second-order valence-corrected chi connectivity index (χ2v) is 4.98. The van der Waals surface area contributed by atoms with Gasteiger partial charge in [-0.3, -0.25) is 0 Å². The van der Waals surface area contributed by atoms with Crippen LogP contribution in [0.3, 0.4) is 0 Å². The largest absolute Gasteiger partial charge is 0.0839 e. The van der Waals surface area contributed by atoms with Crippen molar-refractivity contribution in [2.45, 2.75) is 64.7 Å². The summed E-state index contributed by atoms with van der Waals surface area (Å²) in [5.74, 6) is 0. The van der Waals surface area contributed by atoms with E-state index in [1.807, 2.05) is 12.1 Å². The van der Waals surface area contributed by atoms with Gasteiger partial charge >= 0.3 is 0 Å². The first-order valence-corrected chi connectivity index (χ1v) is 7.56. The van der Waals surface area contributed by atoms with Crippen LogP contribution in [0, 0.1) is 6.07 Å². The van der Waals surface area contributed by atoms with Crippen molar-refractivity contribution in [3.05, 3.63) is 42.0 Å². The molecule has 0 aliphatic heterocycles. The van der Waals surface area contributed by atoms with Crippen LogP contribution >= 0.6 is 0 Å². The van der Waals surface area contributed by atoms with E-state index in [2.05, 4.69) is 37.3 Å². The highest BCUT2D eigenvalue weighted by molar-refractivity contribution is 5.47. The molecule has 0 N–H and O–H groups in total. The fourth-order valence-electron chi connectivity index (χ4n) is 2.12. The van der Waals surface area contributed by atoms with E-state index in [9.17, 15) is 0 Å². The maximum Gasteiger partial charge on any atom is -0.0106 e. The van der Waals surface area contributed by atoms with Gasteiger partial charge in [0.05, 0.1) is 0 Å². The minimum atomic E-state index is 1.19. The molecule has 1 aromatic rings. The van der Waals surface area contributed by atoms with E-state index >= 15 is 0 Å². The summed E-state index contributed by atoms with van der Waals surface area (Å²) in [6.07, 6.45) is 16.8. The summed E-state index contributed by atoms with van der Waals surface area (Å²) in [4.78, 5) is 0. The molecule has 0 spiro atoms. The number of allylic oxidation sites excluding steroid dienone is 1. The first kappa shape index (κ1) is 15.0. The van der Waals surface area contributed by atoms with Gasteiger partial charge < -0.3 is 0 Å². The van der Waals surface area contributed by atoms with Crippen molar-refractivity contribution < 1.29 is 0 Å². The van der Waals surface area contributed by atoms with Crippen molar-refractivity contribution in [1.82, 2.24) is 0 Å². The van der Waals surface area contributed by atoms with E-state index in [4.69, 9.17) is 0 Å². The Morgan fingerprint density at radius 3 is 2.33 bits per heavy atom. The third kappa shape index (κ3) is 8.11. The monoisotopic (exact) mass is 243 g/mol. The fourth-order valence-corrected chi connectivity index (χ4v) is 2.12. The van der Waals surface area contributed by atoms with Gasteiger partial charge in [0, 0.05) is 0 Å². The summed E-state index contributed by atoms with van der Waals surface area (Å²) in [6, 6.07) is 11.4. The summed E-state index contributed by atoms with van der Waals surface area (Å²) >= 11 is 0. The lowest BCUT2D eigenvalue weighted by Crippen LogP contribution is -1.80. The smallest absolute Gasteiger partial charge is 0.0106 e. The Morgan fingerprint density at radius 2 is 1.67 bits per heavy atom. The average molecular weight is 243 g/mol. The molecule has 0 aliphatic carbocycles. The predicted octanol–water partition coefficient (Wildman–Crippen LogP) is 6.03. The zero-order valence-corrected chi connectivity index (χ0v) is 11.8. The molecule has 0 aromatic heterocycles. The molecule has 0 nitrogen and oxygen atoms in total. The van der Waals surface area contributed by atoms with Crippen LogP contribution in [0.2, 0.25) is 0 Å². The van der Waals surface area contributed by atoms with Crippen molar-refractivity contribution in [3.8, 4) is 0 Å². The summed E-state index contributed by atoms with van der Waals surface area (Å²) < 4.78 is 0. The van der Waals surface area contributed by atoms with Gasteiger partial charge in [0.1, 0.15) is 0 Å². The Bertz CT molecular complexity index is 297. The van der Waals surface area contributed by atoms with E-state index in [0.29, 0.717) is 0 Å². The number of hydrogen-bond donors (Lipinski definition) is 0. The van der Waals surface area contributed by atoms with Crippen LogP contribution in [0.25, 0.3) is 6.08 Å².